The fourth-order valence-electron chi connectivity index (χ4n) is 6.02. The van der Waals surface area contributed by atoms with Crippen molar-refractivity contribution in [3.8, 4) is 22.6 Å². The van der Waals surface area contributed by atoms with Gasteiger partial charge in [-0.25, -0.2) is 9.18 Å². The Labute approximate surface area is 206 Å². The summed E-state index contributed by atoms with van der Waals surface area (Å²) in [5, 5.41) is 3.16. The number of halogens is 1. The number of hydrogen-bond acceptors (Lipinski definition) is 5. The van der Waals surface area contributed by atoms with Crippen molar-refractivity contribution in [1.82, 2.24) is 10.2 Å². The molecule has 1 unspecified atom stereocenters. The molecule has 1 N–H and O–H groups in total. The first-order valence-corrected chi connectivity index (χ1v) is 12.6. The van der Waals surface area contributed by atoms with Crippen molar-refractivity contribution in [2.45, 2.75) is 52.2 Å². The van der Waals surface area contributed by atoms with Gasteiger partial charge in [0.1, 0.15) is 11.9 Å². The van der Waals surface area contributed by atoms with Crippen molar-refractivity contribution in [2.24, 2.45) is 11.3 Å². The van der Waals surface area contributed by atoms with Crippen LogP contribution >= 0.6 is 0 Å². The van der Waals surface area contributed by atoms with Crippen LogP contribution in [0.25, 0.3) is 11.1 Å². The highest BCUT2D eigenvalue weighted by molar-refractivity contribution is 5.74. The predicted molar refractivity (Wildman–Crippen MR) is 132 cm³/mol. The lowest BCUT2D eigenvalue weighted by Gasteiger charge is -2.44. The molecule has 3 heterocycles. The SMILES string of the molecule is CCOc1ccc(-c2cc3c(cc2OC)C(NC(=O)O[C@H]2CN4CCC2CC4)C(C)(C)C3)cc1F. The normalized spacial score (nSPS) is 26.2. The second kappa shape index (κ2) is 9.34. The van der Waals surface area contributed by atoms with Crippen molar-refractivity contribution in [3.63, 3.8) is 0 Å². The Hall–Kier alpha value is -2.80. The molecule has 7 heteroatoms. The first-order chi connectivity index (χ1) is 16.8. The Morgan fingerprint density at radius 3 is 2.57 bits per heavy atom. The summed E-state index contributed by atoms with van der Waals surface area (Å²) in [5.41, 5.74) is 3.48. The first-order valence-electron chi connectivity index (χ1n) is 12.6. The van der Waals surface area contributed by atoms with Crippen LogP contribution in [-0.4, -0.2) is 50.4 Å². The summed E-state index contributed by atoms with van der Waals surface area (Å²) < 4.78 is 31.6. The fourth-order valence-corrected chi connectivity index (χ4v) is 6.02. The monoisotopic (exact) mass is 482 g/mol. The summed E-state index contributed by atoms with van der Waals surface area (Å²) in [5.74, 6) is 0.944. The quantitative estimate of drug-likeness (QED) is 0.602. The van der Waals surface area contributed by atoms with E-state index in [4.69, 9.17) is 14.2 Å². The molecule has 0 saturated carbocycles. The minimum Gasteiger partial charge on any atom is -0.496 e. The number of benzene rings is 2. The standard InChI is InChI=1S/C28H35FN2O4/c1-5-34-23-7-6-18(13-22(23)29)20-12-19-15-28(2,3)26(21(19)14-24(20)33-4)30-27(32)35-25-16-31-10-8-17(25)9-11-31/h6-7,12-14,17,25-26H,5,8-11,15-16H2,1-4H3,(H,30,32)/t25-,26?/m0/s1. The van der Waals surface area contributed by atoms with Gasteiger partial charge < -0.3 is 19.5 Å². The van der Waals surface area contributed by atoms with Crippen LogP contribution in [0.5, 0.6) is 11.5 Å². The molecule has 3 fully saturated rings. The number of methoxy groups -OCH3 is 1. The number of rotatable bonds is 6. The molecule has 2 aromatic carbocycles. The van der Waals surface area contributed by atoms with Gasteiger partial charge in [-0.05, 0) is 91.6 Å². The van der Waals surface area contributed by atoms with Crippen LogP contribution in [0, 0.1) is 17.2 Å². The molecule has 6 nitrogen and oxygen atoms in total. The molecule has 0 aromatic heterocycles. The van der Waals surface area contributed by atoms with Crippen LogP contribution < -0.4 is 14.8 Å². The molecule has 6 rings (SSSR count). The minimum atomic E-state index is -0.401. The third kappa shape index (κ3) is 4.58. The second-order valence-electron chi connectivity index (χ2n) is 10.7. The molecule has 2 atom stereocenters. The molecule has 0 spiro atoms. The third-order valence-electron chi connectivity index (χ3n) is 7.86. The number of alkyl carbamates (subject to hydrolysis) is 1. The van der Waals surface area contributed by atoms with Crippen LogP contribution in [0.2, 0.25) is 0 Å². The van der Waals surface area contributed by atoms with E-state index < -0.39 is 5.82 Å². The van der Waals surface area contributed by atoms with E-state index in [1.165, 1.54) is 6.07 Å². The van der Waals surface area contributed by atoms with Gasteiger partial charge in [0.05, 0.1) is 19.8 Å². The van der Waals surface area contributed by atoms with Crippen LogP contribution in [-0.2, 0) is 11.2 Å². The van der Waals surface area contributed by atoms with E-state index in [2.05, 4.69) is 30.1 Å². The van der Waals surface area contributed by atoms with Crippen LogP contribution in [0.4, 0.5) is 9.18 Å². The van der Waals surface area contributed by atoms with Gasteiger partial charge >= 0.3 is 6.09 Å². The topological polar surface area (TPSA) is 60.0 Å². The summed E-state index contributed by atoms with van der Waals surface area (Å²) in [7, 11) is 1.61. The Morgan fingerprint density at radius 2 is 1.94 bits per heavy atom. The summed E-state index contributed by atoms with van der Waals surface area (Å²) in [6.45, 7) is 9.58. The zero-order valence-electron chi connectivity index (χ0n) is 21.0. The van der Waals surface area contributed by atoms with E-state index in [-0.39, 0.29) is 29.4 Å². The maximum Gasteiger partial charge on any atom is 0.407 e. The van der Waals surface area contributed by atoms with Crippen molar-refractivity contribution >= 4 is 6.09 Å². The number of ether oxygens (including phenoxy) is 3. The van der Waals surface area contributed by atoms with Gasteiger partial charge in [0.2, 0.25) is 0 Å². The van der Waals surface area contributed by atoms with Crippen LogP contribution in [0.15, 0.2) is 30.3 Å². The molecule has 2 bridgehead atoms. The van der Waals surface area contributed by atoms with Gasteiger partial charge in [0.25, 0.3) is 0 Å². The molecule has 2 aromatic rings. The molecule has 4 aliphatic rings. The predicted octanol–water partition coefficient (Wildman–Crippen LogP) is 5.34. The number of carbonyl (C=O) groups is 1. The molecule has 188 valence electrons. The van der Waals surface area contributed by atoms with Crippen molar-refractivity contribution in [3.05, 3.63) is 47.3 Å². The number of hydrogen-bond donors (Lipinski definition) is 1. The number of nitrogens with zero attached hydrogens (tertiary/aromatic N) is 1. The summed E-state index contributed by atoms with van der Waals surface area (Å²) in [6.07, 6.45) is 2.59. The molecule has 3 aliphatic heterocycles. The second-order valence-corrected chi connectivity index (χ2v) is 10.7. The average molecular weight is 483 g/mol. The Morgan fingerprint density at radius 1 is 1.17 bits per heavy atom. The minimum absolute atomic E-state index is 0.0343. The van der Waals surface area contributed by atoms with E-state index in [0.717, 1.165) is 61.2 Å². The zero-order chi connectivity index (χ0) is 24.7. The highest BCUT2D eigenvalue weighted by atomic mass is 19.1. The molecule has 0 radical (unpaired) electrons. The molecule has 3 saturated heterocycles. The van der Waals surface area contributed by atoms with E-state index >= 15 is 0 Å². The van der Waals surface area contributed by atoms with E-state index in [9.17, 15) is 9.18 Å². The largest absolute Gasteiger partial charge is 0.496 e. The number of nitrogens with one attached hydrogen (secondary N) is 1. The lowest BCUT2D eigenvalue weighted by molar-refractivity contribution is -0.0349. The van der Waals surface area contributed by atoms with E-state index in [0.29, 0.717) is 18.3 Å². The van der Waals surface area contributed by atoms with Gasteiger partial charge in [-0.3, -0.25) is 4.90 Å². The molecule has 35 heavy (non-hydrogen) atoms. The van der Waals surface area contributed by atoms with Crippen LogP contribution in [0.3, 0.4) is 0 Å². The third-order valence-corrected chi connectivity index (χ3v) is 7.86. The number of carbonyl (C=O) groups excluding carboxylic acids is 1. The first kappa shape index (κ1) is 23.9. The van der Waals surface area contributed by atoms with E-state index in [1.807, 2.05) is 19.1 Å². The summed E-state index contributed by atoms with van der Waals surface area (Å²) in [6, 6.07) is 8.82. The lowest BCUT2D eigenvalue weighted by atomic mass is 9.85. The van der Waals surface area contributed by atoms with Crippen molar-refractivity contribution in [2.75, 3.05) is 33.4 Å². The molecular weight excluding hydrogens is 447 g/mol. The molecular formula is C28H35FN2O4. The van der Waals surface area contributed by atoms with Gasteiger partial charge in [0, 0.05) is 12.1 Å². The van der Waals surface area contributed by atoms with Crippen LogP contribution in [0.1, 0.15) is 50.8 Å². The van der Waals surface area contributed by atoms with Gasteiger partial charge in [-0.1, -0.05) is 19.9 Å². The summed E-state index contributed by atoms with van der Waals surface area (Å²) >= 11 is 0. The number of fused-ring (bicyclic) bond motifs is 4. The Balaban J connectivity index is 1.39. The Bertz CT molecular complexity index is 1110. The van der Waals surface area contributed by atoms with Gasteiger partial charge in [-0.2, -0.15) is 0 Å². The maximum absolute atomic E-state index is 14.6. The van der Waals surface area contributed by atoms with Crippen molar-refractivity contribution < 1.29 is 23.4 Å². The fraction of sp³-hybridized carbons (Fsp3) is 0.536. The van der Waals surface area contributed by atoms with E-state index in [1.54, 1.807) is 13.2 Å². The molecule has 1 aliphatic carbocycles. The maximum atomic E-state index is 14.6. The number of piperidine rings is 3. The van der Waals surface area contributed by atoms with Gasteiger partial charge in [0.15, 0.2) is 11.6 Å². The van der Waals surface area contributed by atoms with Gasteiger partial charge in [-0.15, -0.1) is 0 Å². The van der Waals surface area contributed by atoms with Crippen molar-refractivity contribution in [1.29, 1.82) is 0 Å². The summed E-state index contributed by atoms with van der Waals surface area (Å²) in [4.78, 5) is 15.3. The highest BCUT2D eigenvalue weighted by Crippen LogP contribution is 2.49. The smallest absolute Gasteiger partial charge is 0.407 e. The zero-order valence-corrected chi connectivity index (χ0v) is 21.0. The Kier molecular flexibility index (Phi) is 6.38. The average Bonchev–Trinajstić information content (AvgIpc) is 3.08. The highest BCUT2D eigenvalue weighted by Gasteiger charge is 2.42. The molecule has 1 amide bonds. The lowest BCUT2D eigenvalue weighted by Crippen LogP contribution is -2.53. The number of amides is 1.